The number of nitrogens with zero attached hydrogens (tertiary/aromatic N) is 2. The third-order valence-electron chi connectivity index (χ3n) is 6.11. The summed E-state index contributed by atoms with van der Waals surface area (Å²) in [7, 11) is 0. The monoisotopic (exact) mass is 319 g/mol. The van der Waals surface area contributed by atoms with Gasteiger partial charge in [0.05, 0.1) is 10.7 Å². The molecule has 2 aliphatic heterocycles. The quantitative estimate of drug-likeness (QED) is 0.866. The Morgan fingerprint density at radius 3 is 2.86 bits per heavy atom. The van der Waals surface area contributed by atoms with Crippen LogP contribution in [0.2, 0.25) is 0 Å². The van der Waals surface area contributed by atoms with Crippen LogP contribution >= 0.6 is 11.3 Å². The number of carbonyl (C=O) groups excluding carboxylic acids is 1. The van der Waals surface area contributed by atoms with Crippen molar-refractivity contribution in [1.29, 1.82) is 0 Å². The Kier molecular flexibility index (Phi) is 3.35. The topological polar surface area (TPSA) is 45.2 Å². The summed E-state index contributed by atoms with van der Waals surface area (Å²) >= 11 is 1.56. The number of aromatic nitrogens is 1. The highest BCUT2D eigenvalue weighted by atomic mass is 32.1. The minimum absolute atomic E-state index is 0.228. The van der Waals surface area contributed by atoms with E-state index in [9.17, 15) is 4.79 Å². The molecule has 1 N–H and O–H groups in total. The van der Waals surface area contributed by atoms with Gasteiger partial charge in [0.15, 0.2) is 0 Å². The number of carbonyl (C=O) groups is 1. The Balaban J connectivity index is 1.72. The molecule has 5 heteroatoms. The van der Waals surface area contributed by atoms with Crippen LogP contribution in [0.4, 0.5) is 0 Å². The zero-order chi connectivity index (χ0) is 15.5. The number of hydrogen-bond acceptors (Lipinski definition) is 4. The largest absolute Gasteiger partial charge is 0.330 e. The van der Waals surface area contributed by atoms with E-state index < -0.39 is 0 Å². The van der Waals surface area contributed by atoms with Gasteiger partial charge in [0, 0.05) is 30.1 Å². The summed E-state index contributed by atoms with van der Waals surface area (Å²) in [6, 6.07) is 1.34. The van der Waals surface area contributed by atoms with Crippen molar-refractivity contribution in [3.63, 3.8) is 0 Å². The Hall–Kier alpha value is -0.940. The molecule has 1 saturated carbocycles. The molecule has 1 aromatic heterocycles. The molecule has 22 heavy (non-hydrogen) atoms. The van der Waals surface area contributed by atoms with Crippen LogP contribution in [0.15, 0.2) is 0 Å². The lowest BCUT2D eigenvalue weighted by atomic mass is 9.72. The number of nitrogens with one attached hydrogen (secondary N) is 1. The molecule has 4 atom stereocenters. The van der Waals surface area contributed by atoms with Gasteiger partial charge in [-0.25, -0.2) is 4.98 Å². The van der Waals surface area contributed by atoms with Crippen LogP contribution in [-0.2, 0) is 0 Å². The molecule has 1 aromatic rings. The van der Waals surface area contributed by atoms with E-state index in [1.807, 2.05) is 13.8 Å². The maximum absolute atomic E-state index is 13.2. The van der Waals surface area contributed by atoms with E-state index in [2.05, 4.69) is 22.1 Å². The maximum atomic E-state index is 13.2. The highest BCUT2D eigenvalue weighted by Gasteiger charge is 2.57. The van der Waals surface area contributed by atoms with E-state index in [1.54, 1.807) is 11.3 Å². The van der Waals surface area contributed by atoms with Crippen LogP contribution < -0.4 is 5.32 Å². The molecule has 0 unspecified atom stereocenters. The third kappa shape index (κ3) is 1.98. The summed E-state index contributed by atoms with van der Waals surface area (Å²) in [6.07, 6.45) is 6.12. The van der Waals surface area contributed by atoms with Gasteiger partial charge in [-0.1, -0.05) is 19.8 Å². The molecule has 0 spiro atoms. The number of aryl methyl sites for hydroxylation is 2. The first-order chi connectivity index (χ1) is 10.5. The van der Waals surface area contributed by atoms with Crippen molar-refractivity contribution >= 4 is 17.2 Å². The highest BCUT2D eigenvalue weighted by molar-refractivity contribution is 7.13. The van der Waals surface area contributed by atoms with Gasteiger partial charge in [-0.2, -0.15) is 0 Å². The highest BCUT2D eigenvalue weighted by Crippen LogP contribution is 2.51. The molecule has 1 amide bonds. The predicted molar refractivity (Wildman–Crippen MR) is 88.3 cm³/mol. The van der Waals surface area contributed by atoms with Gasteiger partial charge in [0.2, 0.25) is 0 Å². The fourth-order valence-electron chi connectivity index (χ4n) is 5.11. The number of hydrogen-bond donors (Lipinski definition) is 1. The van der Waals surface area contributed by atoms with E-state index in [0.29, 0.717) is 18.1 Å². The first-order valence-electron chi connectivity index (χ1n) is 8.51. The van der Waals surface area contributed by atoms with Crippen LogP contribution in [0.1, 0.15) is 59.4 Å². The third-order valence-corrected chi connectivity index (χ3v) is 7.18. The fraction of sp³-hybridized carbons (Fsp3) is 0.765. The fourth-order valence-corrected chi connectivity index (χ4v) is 5.98. The number of thiazole rings is 1. The molecule has 4 nitrogen and oxygen atoms in total. The Labute approximate surface area is 136 Å². The summed E-state index contributed by atoms with van der Waals surface area (Å²) in [4.78, 5) is 20.8. The molecule has 3 heterocycles. The first kappa shape index (κ1) is 14.6. The second-order valence-corrected chi connectivity index (χ2v) is 8.69. The van der Waals surface area contributed by atoms with Gasteiger partial charge in [0.25, 0.3) is 5.91 Å². The number of likely N-dealkylation sites (tertiary alicyclic amines) is 1. The standard InChI is InChI=1S/C17H25N3OS/c1-10-15(22-11(2)19-10)16(21)20-12-8-17(3)13(18-9-12)6-4-5-7-14(17)20/h12-14,18H,4-9H2,1-3H3/t12-,13+,14-,17+/m0/s1. The average Bonchev–Trinajstić information content (AvgIpc) is 2.86. The van der Waals surface area contributed by atoms with Crippen molar-refractivity contribution in [1.82, 2.24) is 15.2 Å². The summed E-state index contributed by atoms with van der Waals surface area (Å²) in [5.41, 5.74) is 1.15. The number of fused-ring (bicyclic) bond motifs is 1. The molecule has 2 bridgehead atoms. The lowest BCUT2D eigenvalue weighted by Crippen LogP contribution is -2.51. The zero-order valence-corrected chi connectivity index (χ0v) is 14.5. The van der Waals surface area contributed by atoms with E-state index in [1.165, 1.54) is 19.3 Å². The second kappa shape index (κ2) is 5.03. The molecule has 3 aliphatic rings. The van der Waals surface area contributed by atoms with Crippen molar-refractivity contribution in [2.45, 2.75) is 71.0 Å². The normalized spacial score (nSPS) is 37.2. The molecular formula is C17H25N3OS. The van der Waals surface area contributed by atoms with Gasteiger partial charge in [-0.15, -0.1) is 11.3 Å². The molecule has 3 fully saturated rings. The molecule has 4 rings (SSSR count). The Bertz CT molecular complexity index is 613. The molecule has 1 aliphatic carbocycles. The van der Waals surface area contributed by atoms with Crippen LogP contribution in [-0.4, -0.2) is 40.5 Å². The number of amides is 1. The van der Waals surface area contributed by atoms with Crippen molar-refractivity contribution < 1.29 is 4.79 Å². The lowest BCUT2D eigenvalue weighted by Gasteiger charge is -2.39. The summed E-state index contributed by atoms with van der Waals surface area (Å²) in [6.45, 7) is 7.32. The van der Waals surface area contributed by atoms with Crippen LogP contribution in [0.5, 0.6) is 0 Å². The van der Waals surface area contributed by atoms with Gasteiger partial charge < -0.3 is 10.2 Å². The van der Waals surface area contributed by atoms with Crippen molar-refractivity contribution in [3.8, 4) is 0 Å². The van der Waals surface area contributed by atoms with Gasteiger partial charge in [-0.05, 0) is 33.1 Å². The number of piperidine rings is 1. The molecule has 0 radical (unpaired) electrons. The Morgan fingerprint density at radius 2 is 2.14 bits per heavy atom. The smallest absolute Gasteiger partial charge is 0.266 e. The SMILES string of the molecule is Cc1nc(C)c(C(=O)N2[C@@H]3CN[C@@H]4CCCC[C@H]2[C@]4(C)C3)s1. The van der Waals surface area contributed by atoms with Crippen LogP contribution in [0.25, 0.3) is 0 Å². The van der Waals surface area contributed by atoms with E-state index >= 15 is 0 Å². The maximum Gasteiger partial charge on any atom is 0.266 e. The minimum atomic E-state index is 0.228. The molecule has 120 valence electrons. The molecule has 2 saturated heterocycles. The second-order valence-electron chi connectivity index (χ2n) is 7.48. The first-order valence-corrected chi connectivity index (χ1v) is 9.32. The lowest BCUT2D eigenvalue weighted by molar-refractivity contribution is 0.0633. The molecular weight excluding hydrogens is 294 g/mol. The summed E-state index contributed by atoms with van der Waals surface area (Å²) in [5.74, 6) is 0.228. The van der Waals surface area contributed by atoms with E-state index in [-0.39, 0.29) is 11.3 Å². The van der Waals surface area contributed by atoms with Crippen LogP contribution in [0.3, 0.4) is 0 Å². The van der Waals surface area contributed by atoms with Crippen LogP contribution in [0, 0.1) is 19.3 Å². The van der Waals surface area contributed by atoms with E-state index in [4.69, 9.17) is 0 Å². The van der Waals surface area contributed by atoms with E-state index in [0.717, 1.165) is 35.0 Å². The summed E-state index contributed by atoms with van der Waals surface area (Å²) in [5, 5.41) is 4.73. The van der Waals surface area contributed by atoms with Crippen molar-refractivity contribution in [2.24, 2.45) is 5.41 Å². The van der Waals surface area contributed by atoms with Crippen molar-refractivity contribution in [3.05, 3.63) is 15.6 Å². The zero-order valence-electron chi connectivity index (χ0n) is 13.7. The molecule has 0 aromatic carbocycles. The predicted octanol–water partition coefficient (Wildman–Crippen LogP) is 2.90. The number of rotatable bonds is 1. The summed E-state index contributed by atoms with van der Waals surface area (Å²) < 4.78 is 0. The van der Waals surface area contributed by atoms with Gasteiger partial charge in [-0.3, -0.25) is 4.79 Å². The minimum Gasteiger partial charge on any atom is -0.330 e. The van der Waals surface area contributed by atoms with Gasteiger partial charge >= 0.3 is 0 Å². The van der Waals surface area contributed by atoms with Gasteiger partial charge in [0.1, 0.15) is 4.88 Å². The average molecular weight is 319 g/mol. The van der Waals surface area contributed by atoms with Crippen molar-refractivity contribution in [2.75, 3.05) is 6.54 Å². The Morgan fingerprint density at radius 1 is 1.36 bits per heavy atom.